The van der Waals surface area contributed by atoms with Crippen molar-refractivity contribution in [3.05, 3.63) is 70.7 Å². The first-order chi connectivity index (χ1) is 14.6. The molecule has 2 aromatic carbocycles. The standard InChI is InChI=1S/C24H29ClN2O3/c1-30-23(20-7-3-2-4-8-20)24(29)27-14-12-18(13-15-27)10-11-22(28)26-17-19-6-5-9-21(25)16-19/h2-9,16,18,23H,10-15,17H2,1H3,(H,26,28)/t23-/m1/s1. The molecule has 0 radical (unpaired) electrons. The summed E-state index contributed by atoms with van der Waals surface area (Å²) in [5.41, 5.74) is 1.87. The first-order valence-corrected chi connectivity index (χ1v) is 10.8. The summed E-state index contributed by atoms with van der Waals surface area (Å²) in [5, 5.41) is 3.63. The Morgan fingerprint density at radius 1 is 1.13 bits per heavy atom. The SMILES string of the molecule is CO[C@@H](C(=O)N1CCC(CCC(=O)NCc2cccc(Cl)c2)CC1)c1ccccc1. The zero-order valence-electron chi connectivity index (χ0n) is 17.4. The van der Waals surface area contributed by atoms with E-state index in [-0.39, 0.29) is 11.8 Å². The van der Waals surface area contributed by atoms with Crippen LogP contribution in [0.2, 0.25) is 5.02 Å². The number of hydrogen-bond donors (Lipinski definition) is 1. The highest BCUT2D eigenvalue weighted by Crippen LogP contribution is 2.26. The molecule has 1 heterocycles. The first kappa shape index (κ1) is 22.3. The van der Waals surface area contributed by atoms with Gasteiger partial charge in [0.25, 0.3) is 5.91 Å². The predicted octanol–water partition coefficient (Wildman–Crippen LogP) is 4.36. The van der Waals surface area contributed by atoms with E-state index < -0.39 is 6.10 Å². The number of likely N-dealkylation sites (tertiary alicyclic amines) is 1. The summed E-state index contributed by atoms with van der Waals surface area (Å²) in [5.74, 6) is 0.530. The van der Waals surface area contributed by atoms with Crippen LogP contribution in [-0.2, 0) is 20.9 Å². The number of ether oxygens (including phenoxy) is 1. The van der Waals surface area contributed by atoms with Gasteiger partial charge in [-0.2, -0.15) is 0 Å². The number of rotatable bonds is 8. The molecule has 1 N–H and O–H groups in total. The number of nitrogens with zero attached hydrogens (tertiary/aromatic N) is 1. The minimum atomic E-state index is -0.556. The van der Waals surface area contributed by atoms with Crippen molar-refractivity contribution in [2.75, 3.05) is 20.2 Å². The maximum atomic E-state index is 12.9. The second kappa shape index (κ2) is 11.1. The third-order valence-corrected chi connectivity index (χ3v) is 5.88. The Balaban J connectivity index is 1.40. The maximum absolute atomic E-state index is 12.9. The number of carbonyl (C=O) groups is 2. The van der Waals surface area contributed by atoms with Crippen molar-refractivity contribution in [3.63, 3.8) is 0 Å². The van der Waals surface area contributed by atoms with Gasteiger partial charge in [-0.3, -0.25) is 9.59 Å². The van der Waals surface area contributed by atoms with Crippen LogP contribution < -0.4 is 5.32 Å². The number of halogens is 1. The molecule has 0 bridgehead atoms. The molecular formula is C24H29ClN2O3. The number of benzene rings is 2. The molecule has 5 nitrogen and oxygen atoms in total. The number of hydrogen-bond acceptors (Lipinski definition) is 3. The van der Waals surface area contributed by atoms with Crippen LogP contribution in [0.5, 0.6) is 0 Å². The summed E-state index contributed by atoms with van der Waals surface area (Å²) in [6, 6.07) is 17.1. The van der Waals surface area contributed by atoms with Gasteiger partial charge in [-0.05, 0) is 48.4 Å². The van der Waals surface area contributed by atoms with E-state index in [0.29, 0.717) is 37.0 Å². The molecule has 2 amide bonds. The topological polar surface area (TPSA) is 58.6 Å². The van der Waals surface area contributed by atoms with Crippen LogP contribution in [0.3, 0.4) is 0 Å². The third kappa shape index (κ3) is 6.31. The molecule has 160 valence electrons. The van der Waals surface area contributed by atoms with Crippen LogP contribution in [0.25, 0.3) is 0 Å². The monoisotopic (exact) mass is 428 g/mol. The van der Waals surface area contributed by atoms with Crippen molar-refractivity contribution in [1.82, 2.24) is 10.2 Å². The highest BCUT2D eigenvalue weighted by atomic mass is 35.5. The largest absolute Gasteiger partial charge is 0.367 e. The Hall–Kier alpha value is -2.37. The molecule has 0 aliphatic carbocycles. The van der Waals surface area contributed by atoms with E-state index in [1.54, 1.807) is 7.11 Å². The summed E-state index contributed by atoms with van der Waals surface area (Å²) in [6.07, 6.45) is 2.62. The van der Waals surface area contributed by atoms with Gasteiger partial charge in [0.15, 0.2) is 6.10 Å². The van der Waals surface area contributed by atoms with Crippen LogP contribution in [0, 0.1) is 5.92 Å². The van der Waals surface area contributed by atoms with Crippen molar-refractivity contribution < 1.29 is 14.3 Å². The fraction of sp³-hybridized carbons (Fsp3) is 0.417. The molecule has 30 heavy (non-hydrogen) atoms. The van der Waals surface area contributed by atoms with Crippen molar-refractivity contribution >= 4 is 23.4 Å². The van der Waals surface area contributed by atoms with Crippen molar-refractivity contribution in [3.8, 4) is 0 Å². The van der Waals surface area contributed by atoms with Gasteiger partial charge < -0.3 is 15.0 Å². The quantitative estimate of drug-likeness (QED) is 0.679. The third-order valence-electron chi connectivity index (χ3n) is 5.65. The highest BCUT2D eigenvalue weighted by molar-refractivity contribution is 6.30. The average molecular weight is 429 g/mol. The van der Waals surface area contributed by atoms with Gasteiger partial charge in [0.1, 0.15) is 0 Å². The molecule has 0 aromatic heterocycles. The molecule has 2 aromatic rings. The molecule has 6 heteroatoms. The van der Waals surface area contributed by atoms with Crippen LogP contribution in [-0.4, -0.2) is 36.9 Å². The Morgan fingerprint density at radius 3 is 2.53 bits per heavy atom. The summed E-state index contributed by atoms with van der Waals surface area (Å²) < 4.78 is 5.48. The molecule has 3 rings (SSSR count). The van der Waals surface area contributed by atoms with E-state index in [2.05, 4.69) is 5.32 Å². The number of methoxy groups -OCH3 is 1. The zero-order valence-corrected chi connectivity index (χ0v) is 18.1. The summed E-state index contributed by atoms with van der Waals surface area (Å²) in [7, 11) is 1.57. The molecule has 1 aliphatic heterocycles. The van der Waals surface area contributed by atoms with Crippen LogP contribution in [0.1, 0.15) is 42.9 Å². The summed E-state index contributed by atoms with van der Waals surface area (Å²) in [6.45, 7) is 1.91. The second-order valence-electron chi connectivity index (χ2n) is 7.74. The van der Waals surface area contributed by atoms with Crippen molar-refractivity contribution in [1.29, 1.82) is 0 Å². The highest BCUT2D eigenvalue weighted by Gasteiger charge is 2.29. The fourth-order valence-corrected chi connectivity index (χ4v) is 4.10. The second-order valence-corrected chi connectivity index (χ2v) is 8.18. The van der Waals surface area contributed by atoms with Gasteiger partial charge in [-0.25, -0.2) is 0 Å². The Kier molecular flexibility index (Phi) is 8.29. The van der Waals surface area contributed by atoms with Crippen LogP contribution in [0.15, 0.2) is 54.6 Å². The van der Waals surface area contributed by atoms with Gasteiger partial charge in [-0.1, -0.05) is 54.1 Å². The zero-order chi connectivity index (χ0) is 21.3. The van der Waals surface area contributed by atoms with Crippen LogP contribution >= 0.6 is 11.6 Å². The fourth-order valence-electron chi connectivity index (χ4n) is 3.89. The van der Waals surface area contributed by atoms with Gasteiger partial charge >= 0.3 is 0 Å². The van der Waals surface area contributed by atoms with Gasteiger partial charge in [0, 0.05) is 38.2 Å². The van der Waals surface area contributed by atoms with Gasteiger partial charge in [-0.15, -0.1) is 0 Å². The molecule has 1 aliphatic rings. The number of nitrogens with one attached hydrogen (secondary N) is 1. The van der Waals surface area contributed by atoms with E-state index in [9.17, 15) is 9.59 Å². The molecule has 0 spiro atoms. The molecule has 1 saturated heterocycles. The smallest absolute Gasteiger partial charge is 0.256 e. The van der Waals surface area contributed by atoms with E-state index in [4.69, 9.17) is 16.3 Å². The summed E-state index contributed by atoms with van der Waals surface area (Å²) >= 11 is 5.97. The predicted molar refractivity (Wildman–Crippen MR) is 118 cm³/mol. The van der Waals surface area contributed by atoms with Crippen molar-refractivity contribution in [2.24, 2.45) is 5.92 Å². The lowest BCUT2D eigenvalue weighted by Crippen LogP contribution is -2.41. The van der Waals surface area contributed by atoms with E-state index >= 15 is 0 Å². The van der Waals surface area contributed by atoms with Gasteiger partial charge in [0.2, 0.25) is 5.91 Å². The van der Waals surface area contributed by atoms with E-state index in [0.717, 1.165) is 30.4 Å². The van der Waals surface area contributed by atoms with Gasteiger partial charge in [0.05, 0.1) is 0 Å². The lowest BCUT2D eigenvalue weighted by Gasteiger charge is -2.34. The Labute approximate surface area is 183 Å². The van der Waals surface area contributed by atoms with Crippen LogP contribution in [0.4, 0.5) is 0 Å². The molecular weight excluding hydrogens is 400 g/mol. The van der Waals surface area contributed by atoms with Crippen molar-refractivity contribution in [2.45, 2.75) is 38.3 Å². The lowest BCUT2D eigenvalue weighted by atomic mass is 9.91. The lowest BCUT2D eigenvalue weighted by molar-refractivity contribution is -0.144. The van der Waals surface area contributed by atoms with E-state index in [1.165, 1.54) is 0 Å². The average Bonchev–Trinajstić information content (AvgIpc) is 2.78. The minimum absolute atomic E-state index is 0.0152. The number of piperidine rings is 1. The summed E-state index contributed by atoms with van der Waals surface area (Å²) in [4.78, 5) is 26.9. The Bertz CT molecular complexity index is 835. The molecule has 1 atom stereocenters. The first-order valence-electron chi connectivity index (χ1n) is 10.4. The maximum Gasteiger partial charge on any atom is 0.256 e. The molecule has 1 fully saturated rings. The van der Waals surface area contributed by atoms with E-state index in [1.807, 2.05) is 59.5 Å². The minimum Gasteiger partial charge on any atom is -0.367 e. The molecule has 0 saturated carbocycles. The molecule has 0 unspecified atom stereocenters. The normalized spacial score (nSPS) is 15.6. The number of amides is 2. The Morgan fingerprint density at radius 2 is 1.87 bits per heavy atom. The number of carbonyl (C=O) groups excluding carboxylic acids is 2.